The van der Waals surface area contributed by atoms with Crippen molar-refractivity contribution in [3.63, 3.8) is 0 Å². The number of aldehydes is 1. The van der Waals surface area contributed by atoms with E-state index < -0.39 is 16.8 Å². The van der Waals surface area contributed by atoms with Gasteiger partial charge in [0.2, 0.25) is 0 Å². The van der Waals surface area contributed by atoms with Crippen molar-refractivity contribution in [1.29, 1.82) is 0 Å². The summed E-state index contributed by atoms with van der Waals surface area (Å²) in [5, 5.41) is 9.99. The molecule has 3 aliphatic rings. The highest BCUT2D eigenvalue weighted by atomic mass is 16.4. The van der Waals surface area contributed by atoms with Crippen LogP contribution in [0.2, 0.25) is 0 Å². The second-order valence-corrected chi connectivity index (χ2v) is 7.81. The first kappa shape index (κ1) is 16.9. The molecule has 0 heterocycles. The van der Waals surface area contributed by atoms with Gasteiger partial charge >= 0.3 is 5.97 Å². The first-order chi connectivity index (χ1) is 11.3. The van der Waals surface area contributed by atoms with Crippen LogP contribution in [-0.2, 0) is 14.4 Å². The minimum absolute atomic E-state index is 0.0195. The molecule has 0 spiro atoms. The molecule has 0 aromatic rings. The van der Waals surface area contributed by atoms with Crippen molar-refractivity contribution < 1.29 is 19.5 Å². The van der Waals surface area contributed by atoms with Crippen molar-refractivity contribution in [2.45, 2.75) is 52.9 Å². The summed E-state index contributed by atoms with van der Waals surface area (Å²) in [5.74, 6) is -0.518. The van der Waals surface area contributed by atoms with Gasteiger partial charge in [0.25, 0.3) is 0 Å². The largest absolute Gasteiger partial charge is 0.481 e. The van der Waals surface area contributed by atoms with Gasteiger partial charge in [0, 0.05) is 6.42 Å². The maximum atomic E-state index is 12.9. The van der Waals surface area contributed by atoms with Gasteiger partial charge in [-0.2, -0.15) is 0 Å². The summed E-state index contributed by atoms with van der Waals surface area (Å²) in [6.07, 6.45) is 6.79. The van der Waals surface area contributed by atoms with Crippen LogP contribution in [-0.4, -0.2) is 23.1 Å². The average Bonchev–Trinajstić information content (AvgIpc) is 2.88. The molecule has 0 aromatic heterocycles. The highest BCUT2D eigenvalue weighted by molar-refractivity contribution is 5.98. The fourth-order valence-electron chi connectivity index (χ4n) is 4.63. The Kier molecular flexibility index (Phi) is 3.89. The molecule has 0 saturated heterocycles. The fourth-order valence-corrected chi connectivity index (χ4v) is 4.63. The summed E-state index contributed by atoms with van der Waals surface area (Å²) in [7, 11) is 0. The van der Waals surface area contributed by atoms with E-state index in [1.54, 1.807) is 6.08 Å². The molecule has 4 heteroatoms. The molecule has 24 heavy (non-hydrogen) atoms. The number of carbonyl (C=O) groups is 3. The molecule has 0 aromatic carbocycles. The van der Waals surface area contributed by atoms with Crippen LogP contribution in [0, 0.1) is 16.7 Å². The third kappa shape index (κ3) is 2.15. The molecule has 3 rings (SSSR count). The lowest BCUT2D eigenvalue weighted by atomic mass is 9.57. The Bertz CT molecular complexity index is 722. The first-order valence-corrected chi connectivity index (χ1v) is 8.63. The zero-order chi connectivity index (χ0) is 17.7. The Balaban J connectivity index is 2.27. The smallest absolute Gasteiger partial charge is 0.314 e. The third-order valence-corrected chi connectivity index (χ3v) is 6.24. The lowest BCUT2D eigenvalue weighted by molar-refractivity contribution is -0.148. The molecule has 0 amide bonds. The van der Waals surface area contributed by atoms with Gasteiger partial charge in [-0.3, -0.25) is 14.4 Å². The Morgan fingerprint density at radius 1 is 1.25 bits per heavy atom. The Hall–Kier alpha value is -1.97. The van der Waals surface area contributed by atoms with Crippen LogP contribution in [0.5, 0.6) is 0 Å². The molecule has 1 saturated carbocycles. The van der Waals surface area contributed by atoms with Crippen molar-refractivity contribution in [3.05, 3.63) is 34.4 Å². The number of carboxylic acid groups (broad SMARTS) is 1. The summed E-state index contributed by atoms with van der Waals surface area (Å²) in [6.45, 7) is 6.08. The number of aliphatic carboxylic acids is 1. The molecule has 2 atom stereocenters. The van der Waals surface area contributed by atoms with Crippen LogP contribution in [0.1, 0.15) is 52.9 Å². The average molecular weight is 328 g/mol. The van der Waals surface area contributed by atoms with Crippen molar-refractivity contribution in [3.8, 4) is 0 Å². The second kappa shape index (κ2) is 5.54. The van der Waals surface area contributed by atoms with E-state index >= 15 is 0 Å². The van der Waals surface area contributed by atoms with E-state index in [2.05, 4.69) is 13.8 Å². The van der Waals surface area contributed by atoms with Crippen LogP contribution >= 0.6 is 0 Å². The number of hydrogen-bond donors (Lipinski definition) is 1. The summed E-state index contributed by atoms with van der Waals surface area (Å²) in [4.78, 5) is 36.2. The van der Waals surface area contributed by atoms with Gasteiger partial charge in [-0.05, 0) is 55.2 Å². The van der Waals surface area contributed by atoms with Crippen LogP contribution < -0.4 is 0 Å². The molecule has 128 valence electrons. The Morgan fingerprint density at radius 3 is 2.54 bits per heavy atom. The van der Waals surface area contributed by atoms with E-state index in [0.717, 1.165) is 29.4 Å². The predicted octanol–water partition coefficient (Wildman–Crippen LogP) is 3.63. The number of carbonyl (C=O) groups excluding carboxylic acids is 2. The quantitative estimate of drug-likeness (QED) is 0.803. The van der Waals surface area contributed by atoms with Crippen LogP contribution in [0.3, 0.4) is 0 Å². The second-order valence-electron chi connectivity index (χ2n) is 7.81. The molecule has 3 aliphatic carbocycles. The van der Waals surface area contributed by atoms with Crippen LogP contribution in [0.25, 0.3) is 0 Å². The van der Waals surface area contributed by atoms with E-state index in [0.29, 0.717) is 24.8 Å². The molecule has 4 nitrogen and oxygen atoms in total. The van der Waals surface area contributed by atoms with Gasteiger partial charge in [0.05, 0.1) is 10.8 Å². The highest BCUT2D eigenvalue weighted by Crippen LogP contribution is 2.61. The molecular formula is C20H24O4. The van der Waals surface area contributed by atoms with Gasteiger partial charge in [0.15, 0.2) is 0 Å². The number of Topliss-reactive ketones (excluding diaryl/α,β-unsaturated/α-hetero) is 1. The SMILES string of the molecule is CC(C)C1=C2C3=CC=C(C=O)CC(=O)[C@]3(C)CC[C@@]2(C(=O)O)CC1. The molecule has 0 unspecified atom stereocenters. The van der Waals surface area contributed by atoms with E-state index in [9.17, 15) is 19.5 Å². The number of ketones is 1. The monoisotopic (exact) mass is 328 g/mol. The molecule has 1 N–H and O–H groups in total. The van der Waals surface area contributed by atoms with Crippen molar-refractivity contribution in [2.75, 3.05) is 0 Å². The number of carboxylic acids is 1. The number of hydrogen-bond acceptors (Lipinski definition) is 3. The van der Waals surface area contributed by atoms with Gasteiger partial charge in [-0.15, -0.1) is 0 Å². The fraction of sp³-hybridized carbons (Fsp3) is 0.550. The minimum Gasteiger partial charge on any atom is -0.481 e. The Labute approximate surface area is 142 Å². The van der Waals surface area contributed by atoms with E-state index in [-0.39, 0.29) is 18.1 Å². The van der Waals surface area contributed by atoms with Gasteiger partial charge < -0.3 is 5.11 Å². The lowest BCUT2D eigenvalue weighted by Gasteiger charge is -2.44. The molecular weight excluding hydrogens is 304 g/mol. The summed E-state index contributed by atoms with van der Waals surface area (Å²) < 4.78 is 0. The van der Waals surface area contributed by atoms with E-state index in [1.807, 2.05) is 13.0 Å². The molecule has 0 bridgehead atoms. The van der Waals surface area contributed by atoms with Crippen molar-refractivity contribution >= 4 is 18.0 Å². The van der Waals surface area contributed by atoms with E-state index in [4.69, 9.17) is 0 Å². The first-order valence-electron chi connectivity index (χ1n) is 8.63. The summed E-state index contributed by atoms with van der Waals surface area (Å²) in [6, 6.07) is 0. The third-order valence-electron chi connectivity index (χ3n) is 6.24. The zero-order valence-corrected chi connectivity index (χ0v) is 14.5. The normalized spacial score (nSPS) is 32.8. The summed E-state index contributed by atoms with van der Waals surface area (Å²) in [5.41, 5.74) is 1.76. The Morgan fingerprint density at radius 2 is 1.96 bits per heavy atom. The predicted molar refractivity (Wildman–Crippen MR) is 90.4 cm³/mol. The number of fused-ring (bicyclic) bond motifs is 3. The van der Waals surface area contributed by atoms with Gasteiger partial charge in [0.1, 0.15) is 12.1 Å². The maximum Gasteiger partial charge on any atom is 0.314 e. The highest BCUT2D eigenvalue weighted by Gasteiger charge is 2.57. The van der Waals surface area contributed by atoms with Gasteiger partial charge in [-0.1, -0.05) is 31.6 Å². The van der Waals surface area contributed by atoms with Crippen LogP contribution in [0.4, 0.5) is 0 Å². The van der Waals surface area contributed by atoms with E-state index in [1.165, 1.54) is 0 Å². The maximum absolute atomic E-state index is 12.9. The number of rotatable bonds is 3. The van der Waals surface area contributed by atoms with Crippen molar-refractivity contribution in [2.24, 2.45) is 16.7 Å². The summed E-state index contributed by atoms with van der Waals surface area (Å²) >= 11 is 0. The standard InChI is InChI=1S/C20H24O4/c1-12(2)14-6-7-20(18(23)24)9-8-19(3)15(17(14)20)5-4-13(11-21)10-16(19)22/h4-5,11-12H,6-10H2,1-3H3,(H,23,24)/t19-,20+/m1/s1. The topological polar surface area (TPSA) is 71.4 Å². The molecule has 0 radical (unpaired) electrons. The van der Waals surface area contributed by atoms with Gasteiger partial charge in [-0.25, -0.2) is 0 Å². The zero-order valence-electron chi connectivity index (χ0n) is 14.5. The van der Waals surface area contributed by atoms with Crippen LogP contribution in [0.15, 0.2) is 34.4 Å². The molecule has 0 aliphatic heterocycles. The number of allylic oxidation sites excluding steroid dienone is 5. The minimum atomic E-state index is -0.870. The molecule has 1 fully saturated rings. The van der Waals surface area contributed by atoms with Crippen molar-refractivity contribution in [1.82, 2.24) is 0 Å². The lowest BCUT2D eigenvalue weighted by Crippen LogP contribution is -2.44.